The predicted octanol–water partition coefficient (Wildman–Crippen LogP) is 1.29. The van der Waals surface area contributed by atoms with E-state index in [1.165, 1.54) is 25.2 Å². The van der Waals surface area contributed by atoms with Crippen LogP contribution in [0.2, 0.25) is 0 Å². The van der Waals surface area contributed by atoms with Gasteiger partial charge in [-0.25, -0.2) is 32.7 Å². The molecule has 0 bridgehead atoms. The number of carbonyl (C=O) groups is 1. The number of fused-ring (bicyclic) bond motifs is 1. The second-order valence-electron chi connectivity index (χ2n) is 8.26. The number of aliphatic imine (C=N–C) groups is 1. The molecule has 1 aliphatic heterocycles. The number of benzene rings is 1. The Bertz CT molecular complexity index is 961. The molecule has 2 aliphatic rings. The molecule has 3 atom stereocenters. The highest BCUT2D eigenvalue weighted by atomic mass is 32.2. The van der Waals surface area contributed by atoms with Crippen molar-refractivity contribution in [1.29, 1.82) is 0 Å². The number of ether oxygens (including phenoxy) is 1. The van der Waals surface area contributed by atoms with Gasteiger partial charge in [0, 0.05) is 19.0 Å². The SMILES string of the molecule is CN1C(N(N)C(=O)OC(C)(C)C)=NC2(c3ccccc3F)CC(O)CC2S1(=O)=O. The number of hydrogen-bond donors (Lipinski definition) is 2. The summed E-state index contributed by atoms with van der Waals surface area (Å²) in [6.07, 6.45) is -2.27. The van der Waals surface area contributed by atoms with Gasteiger partial charge in [0.1, 0.15) is 22.2 Å². The Hall–Kier alpha value is -2.24. The maximum Gasteiger partial charge on any atom is 0.431 e. The van der Waals surface area contributed by atoms with Crippen LogP contribution in [0.5, 0.6) is 0 Å². The molecule has 0 aromatic heterocycles. The molecule has 1 heterocycles. The molecular weight excluding hydrogens is 403 g/mol. The summed E-state index contributed by atoms with van der Waals surface area (Å²) in [5.74, 6) is 4.80. The van der Waals surface area contributed by atoms with E-state index in [1.54, 1.807) is 26.8 Å². The molecule has 0 saturated heterocycles. The summed E-state index contributed by atoms with van der Waals surface area (Å²) in [6, 6.07) is 5.65. The minimum Gasteiger partial charge on any atom is -0.442 e. The number of halogens is 1. The smallest absolute Gasteiger partial charge is 0.431 e. The molecule has 0 radical (unpaired) electrons. The van der Waals surface area contributed by atoms with Gasteiger partial charge in [0.05, 0.1) is 6.10 Å². The molecule has 11 heteroatoms. The van der Waals surface area contributed by atoms with Gasteiger partial charge in [-0.1, -0.05) is 18.2 Å². The highest BCUT2D eigenvalue weighted by molar-refractivity contribution is 7.90. The summed E-state index contributed by atoms with van der Waals surface area (Å²) in [4.78, 5) is 16.9. The Morgan fingerprint density at radius 2 is 2.03 bits per heavy atom. The maximum atomic E-state index is 14.7. The fraction of sp³-hybridized carbons (Fsp3) is 0.556. The molecule has 1 aliphatic carbocycles. The summed E-state index contributed by atoms with van der Waals surface area (Å²) >= 11 is 0. The number of amides is 1. The maximum absolute atomic E-state index is 14.7. The fourth-order valence-corrected chi connectivity index (χ4v) is 5.78. The first-order valence-corrected chi connectivity index (χ1v) is 10.6. The second kappa shape index (κ2) is 6.92. The van der Waals surface area contributed by atoms with Crippen LogP contribution in [0.25, 0.3) is 0 Å². The van der Waals surface area contributed by atoms with Gasteiger partial charge in [0.25, 0.3) is 0 Å². The third-order valence-corrected chi connectivity index (χ3v) is 7.26. The van der Waals surface area contributed by atoms with Crippen molar-refractivity contribution < 1.29 is 27.4 Å². The van der Waals surface area contributed by atoms with Crippen molar-refractivity contribution in [3.8, 4) is 0 Å². The van der Waals surface area contributed by atoms with Crippen molar-refractivity contribution in [1.82, 2.24) is 9.31 Å². The first-order valence-electron chi connectivity index (χ1n) is 9.08. The molecule has 0 spiro atoms. The normalized spacial score (nSPS) is 28.5. The van der Waals surface area contributed by atoms with Crippen molar-refractivity contribution >= 4 is 22.1 Å². The van der Waals surface area contributed by atoms with Crippen molar-refractivity contribution in [2.24, 2.45) is 10.8 Å². The first-order chi connectivity index (χ1) is 13.3. The summed E-state index contributed by atoms with van der Waals surface area (Å²) in [5.41, 5.74) is -2.48. The number of rotatable bonds is 1. The number of sulfonamides is 1. The van der Waals surface area contributed by atoms with E-state index >= 15 is 0 Å². The standard InChI is InChI=1S/C18H25FN4O5S/c1-17(2,3)28-16(25)23(20)15-21-18(12-7-5-6-8-13(12)19)10-11(24)9-14(18)29(26,27)22(15)4/h5-8,11,14,24H,9-10,20H2,1-4H3. The molecule has 1 amide bonds. The van der Waals surface area contributed by atoms with E-state index in [4.69, 9.17) is 10.6 Å². The lowest BCUT2D eigenvalue weighted by Gasteiger charge is -2.41. The quantitative estimate of drug-likeness (QED) is 0.394. The summed E-state index contributed by atoms with van der Waals surface area (Å²) < 4.78 is 47.1. The van der Waals surface area contributed by atoms with Crippen molar-refractivity contribution in [3.05, 3.63) is 35.6 Å². The van der Waals surface area contributed by atoms with Crippen LogP contribution in [0.15, 0.2) is 29.3 Å². The van der Waals surface area contributed by atoms with Gasteiger partial charge < -0.3 is 9.84 Å². The average molecular weight is 428 g/mol. The zero-order valence-corrected chi connectivity index (χ0v) is 17.5. The van der Waals surface area contributed by atoms with E-state index in [-0.39, 0.29) is 18.4 Å². The second-order valence-corrected chi connectivity index (χ2v) is 10.4. The van der Waals surface area contributed by atoms with Gasteiger partial charge in [-0.05, 0) is 33.3 Å². The minimum atomic E-state index is -4.12. The Morgan fingerprint density at radius 1 is 1.41 bits per heavy atom. The first kappa shape index (κ1) is 21.5. The molecule has 3 unspecified atom stereocenters. The molecule has 29 heavy (non-hydrogen) atoms. The molecule has 3 N–H and O–H groups in total. The zero-order valence-electron chi connectivity index (χ0n) is 16.7. The highest BCUT2D eigenvalue weighted by Crippen LogP contribution is 2.50. The topological polar surface area (TPSA) is 126 Å². The molecule has 3 rings (SSSR count). The Labute approximate surface area is 169 Å². The summed E-state index contributed by atoms with van der Waals surface area (Å²) in [5, 5.41) is 9.56. The number of nitrogens with zero attached hydrogens (tertiary/aromatic N) is 3. The molecule has 1 fully saturated rings. The number of nitrogens with two attached hydrogens (primary N) is 1. The van der Waals surface area contributed by atoms with Crippen molar-refractivity contribution in [3.63, 3.8) is 0 Å². The number of hydrogen-bond acceptors (Lipinski definition) is 7. The van der Waals surface area contributed by atoms with Crippen LogP contribution in [0, 0.1) is 5.82 Å². The number of aliphatic hydroxyl groups is 1. The predicted molar refractivity (Wildman–Crippen MR) is 103 cm³/mol. The monoisotopic (exact) mass is 428 g/mol. The van der Waals surface area contributed by atoms with E-state index in [0.29, 0.717) is 5.01 Å². The van der Waals surface area contributed by atoms with E-state index in [9.17, 15) is 22.7 Å². The lowest BCUT2D eigenvalue weighted by atomic mass is 9.87. The van der Waals surface area contributed by atoms with Gasteiger partial charge in [-0.15, -0.1) is 0 Å². The number of carbonyl (C=O) groups excluding carboxylic acids is 1. The Balaban J connectivity index is 2.19. The highest BCUT2D eigenvalue weighted by Gasteiger charge is 2.60. The third kappa shape index (κ3) is 3.58. The van der Waals surface area contributed by atoms with Crippen LogP contribution >= 0.6 is 0 Å². The molecule has 1 aromatic carbocycles. The van der Waals surface area contributed by atoms with Gasteiger partial charge in [-0.2, -0.15) is 5.01 Å². The number of hydrazine groups is 1. The largest absolute Gasteiger partial charge is 0.442 e. The Kier molecular flexibility index (Phi) is 5.13. The van der Waals surface area contributed by atoms with E-state index in [1.807, 2.05) is 0 Å². The van der Waals surface area contributed by atoms with Gasteiger partial charge in [-0.3, -0.25) is 0 Å². The lowest BCUT2D eigenvalue weighted by molar-refractivity contribution is 0.0354. The fourth-order valence-electron chi connectivity index (χ4n) is 3.81. The molecule has 1 saturated carbocycles. The summed E-state index contributed by atoms with van der Waals surface area (Å²) in [7, 11) is -2.92. The van der Waals surface area contributed by atoms with E-state index in [2.05, 4.69) is 4.99 Å². The van der Waals surface area contributed by atoms with E-state index < -0.39 is 50.4 Å². The van der Waals surface area contributed by atoms with Crippen molar-refractivity contribution in [2.75, 3.05) is 7.05 Å². The van der Waals surface area contributed by atoms with Crippen LogP contribution in [-0.2, 0) is 20.3 Å². The van der Waals surface area contributed by atoms with E-state index in [0.717, 1.165) is 4.31 Å². The lowest BCUT2D eigenvalue weighted by Crippen LogP contribution is -2.60. The van der Waals surface area contributed by atoms with Gasteiger partial charge >= 0.3 is 6.09 Å². The van der Waals surface area contributed by atoms with Crippen LogP contribution in [-0.4, -0.2) is 58.9 Å². The van der Waals surface area contributed by atoms with Crippen molar-refractivity contribution in [2.45, 2.75) is 56.1 Å². The molecule has 1 aromatic rings. The molecular formula is C18H25FN4O5S. The molecule has 160 valence electrons. The summed E-state index contributed by atoms with van der Waals surface area (Å²) in [6.45, 7) is 4.89. The number of guanidine groups is 1. The third-order valence-electron chi connectivity index (χ3n) is 5.03. The van der Waals surface area contributed by atoms with Gasteiger partial charge in [0.2, 0.25) is 16.0 Å². The Morgan fingerprint density at radius 3 is 2.62 bits per heavy atom. The average Bonchev–Trinajstić information content (AvgIpc) is 2.95. The number of aliphatic hydroxyl groups excluding tert-OH is 1. The van der Waals surface area contributed by atoms with Crippen LogP contribution in [0.1, 0.15) is 39.2 Å². The van der Waals surface area contributed by atoms with Crippen LogP contribution < -0.4 is 5.84 Å². The zero-order chi connectivity index (χ0) is 21.8. The van der Waals surface area contributed by atoms with Crippen LogP contribution in [0.3, 0.4) is 0 Å². The minimum absolute atomic E-state index is 0.0216. The van der Waals surface area contributed by atoms with Gasteiger partial charge in [0.15, 0.2) is 0 Å². The van der Waals surface area contributed by atoms with Crippen LogP contribution in [0.4, 0.5) is 9.18 Å². The molecule has 9 nitrogen and oxygen atoms in total.